The number of hydrogen-bond acceptors (Lipinski definition) is 3. The van der Waals surface area contributed by atoms with Crippen LogP contribution in [0.2, 0.25) is 0 Å². The molecule has 0 saturated heterocycles. The van der Waals surface area contributed by atoms with Gasteiger partial charge in [-0.05, 0) is 37.8 Å². The van der Waals surface area contributed by atoms with Crippen molar-refractivity contribution in [1.82, 2.24) is 0 Å². The first-order valence-electron chi connectivity index (χ1n) is 6.66. The fourth-order valence-corrected chi connectivity index (χ4v) is 3.97. The van der Waals surface area contributed by atoms with Crippen LogP contribution in [-0.2, 0) is 12.8 Å². The highest BCUT2D eigenvalue weighted by Crippen LogP contribution is 2.39. The zero-order valence-corrected chi connectivity index (χ0v) is 11.4. The summed E-state index contributed by atoms with van der Waals surface area (Å²) in [7, 11) is 0. The summed E-state index contributed by atoms with van der Waals surface area (Å²) in [6.45, 7) is 2.79. The van der Waals surface area contributed by atoms with Crippen molar-refractivity contribution in [2.24, 2.45) is 11.1 Å². The Morgan fingerprint density at radius 1 is 1.41 bits per heavy atom. The monoisotopic (exact) mass is 253 g/mol. The zero-order valence-electron chi connectivity index (χ0n) is 10.6. The van der Waals surface area contributed by atoms with Crippen LogP contribution in [0.15, 0.2) is 12.1 Å². The maximum Gasteiger partial charge on any atom is 0.0612 e. The van der Waals surface area contributed by atoms with Crippen LogP contribution in [0.5, 0.6) is 0 Å². The number of aliphatic hydroxyl groups is 1. The quantitative estimate of drug-likeness (QED) is 0.866. The van der Waals surface area contributed by atoms with Crippen LogP contribution in [0.4, 0.5) is 0 Å². The fourth-order valence-electron chi connectivity index (χ4n) is 2.86. The fraction of sp³-hybridized carbons (Fsp3) is 0.714. The molecule has 96 valence electrons. The molecule has 2 atom stereocenters. The number of thiophene rings is 1. The predicted octanol–water partition coefficient (Wildman–Crippen LogP) is 2.73. The SMILES string of the molecule is CCc1ccc(CC2(CN)CCCCC2O)s1. The summed E-state index contributed by atoms with van der Waals surface area (Å²) < 4.78 is 0. The minimum Gasteiger partial charge on any atom is -0.392 e. The summed E-state index contributed by atoms with van der Waals surface area (Å²) in [6, 6.07) is 4.42. The summed E-state index contributed by atoms with van der Waals surface area (Å²) in [6.07, 6.45) is 6.19. The predicted molar refractivity (Wildman–Crippen MR) is 73.4 cm³/mol. The minimum atomic E-state index is -0.214. The van der Waals surface area contributed by atoms with Crippen molar-refractivity contribution < 1.29 is 5.11 Å². The lowest BCUT2D eigenvalue weighted by atomic mass is 9.69. The highest BCUT2D eigenvalue weighted by atomic mass is 32.1. The molecule has 0 aromatic carbocycles. The molecule has 3 heteroatoms. The van der Waals surface area contributed by atoms with E-state index >= 15 is 0 Å². The number of aryl methyl sites for hydroxylation is 1. The van der Waals surface area contributed by atoms with E-state index in [0.717, 1.165) is 32.1 Å². The second-order valence-corrected chi connectivity index (χ2v) is 6.48. The van der Waals surface area contributed by atoms with Gasteiger partial charge in [-0.25, -0.2) is 0 Å². The van der Waals surface area contributed by atoms with Gasteiger partial charge in [0.2, 0.25) is 0 Å². The third-order valence-corrected chi connectivity index (χ3v) is 5.34. The van der Waals surface area contributed by atoms with Gasteiger partial charge in [-0.1, -0.05) is 19.8 Å². The van der Waals surface area contributed by atoms with Crippen LogP contribution in [0.25, 0.3) is 0 Å². The van der Waals surface area contributed by atoms with Crippen molar-refractivity contribution in [2.45, 2.75) is 51.6 Å². The van der Waals surface area contributed by atoms with Gasteiger partial charge in [-0.2, -0.15) is 0 Å². The number of rotatable bonds is 4. The molecule has 1 fully saturated rings. The summed E-state index contributed by atoms with van der Waals surface area (Å²) in [5.74, 6) is 0. The van der Waals surface area contributed by atoms with E-state index in [-0.39, 0.29) is 11.5 Å². The van der Waals surface area contributed by atoms with Crippen molar-refractivity contribution in [3.05, 3.63) is 21.9 Å². The Morgan fingerprint density at radius 2 is 2.18 bits per heavy atom. The maximum atomic E-state index is 10.3. The van der Waals surface area contributed by atoms with Crippen molar-refractivity contribution >= 4 is 11.3 Å². The van der Waals surface area contributed by atoms with Gasteiger partial charge in [-0.3, -0.25) is 0 Å². The lowest BCUT2D eigenvalue weighted by Crippen LogP contribution is -2.45. The molecule has 3 N–H and O–H groups in total. The molecule has 2 rings (SSSR count). The molecule has 2 unspecified atom stereocenters. The van der Waals surface area contributed by atoms with Gasteiger partial charge < -0.3 is 10.8 Å². The van der Waals surface area contributed by atoms with E-state index in [0.29, 0.717) is 6.54 Å². The molecule has 0 amide bonds. The molecule has 1 aromatic rings. The van der Waals surface area contributed by atoms with Crippen molar-refractivity contribution in [3.8, 4) is 0 Å². The van der Waals surface area contributed by atoms with Crippen LogP contribution in [0.3, 0.4) is 0 Å². The van der Waals surface area contributed by atoms with E-state index in [9.17, 15) is 5.11 Å². The molecule has 0 aliphatic heterocycles. The molecule has 17 heavy (non-hydrogen) atoms. The Morgan fingerprint density at radius 3 is 2.76 bits per heavy atom. The van der Waals surface area contributed by atoms with Crippen LogP contribution in [0, 0.1) is 5.41 Å². The number of aliphatic hydroxyl groups excluding tert-OH is 1. The smallest absolute Gasteiger partial charge is 0.0612 e. The van der Waals surface area contributed by atoms with E-state index in [4.69, 9.17) is 5.73 Å². The summed E-state index contributed by atoms with van der Waals surface area (Å²) in [5, 5.41) is 10.3. The Bertz CT molecular complexity index is 363. The number of hydrogen-bond donors (Lipinski definition) is 2. The van der Waals surface area contributed by atoms with Gasteiger partial charge in [0, 0.05) is 21.7 Å². The minimum absolute atomic E-state index is 0.0614. The van der Waals surface area contributed by atoms with Crippen LogP contribution in [-0.4, -0.2) is 17.8 Å². The van der Waals surface area contributed by atoms with Gasteiger partial charge in [0.1, 0.15) is 0 Å². The third-order valence-electron chi connectivity index (χ3n) is 4.11. The summed E-state index contributed by atoms with van der Waals surface area (Å²) in [5.41, 5.74) is 5.90. The molecule has 1 aromatic heterocycles. The molecule has 1 aliphatic rings. The van der Waals surface area contributed by atoms with E-state index < -0.39 is 0 Å². The van der Waals surface area contributed by atoms with Gasteiger partial charge in [0.05, 0.1) is 6.10 Å². The molecular formula is C14H23NOS. The van der Waals surface area contributed by atoms with Crippen molar-refractivity contribution in [2.75, 3.05) is 6.54 Å². The standard InChI is InChI=1S/C14H23NOS/c1-2-11-6-7-12(17-11)9-14(10-15)8-4-3-5-13(14)16/h6-7,13,16H,2-5,8-10,15H2,1H3. The lowest BCUT2D eigenvalue weighted by Gasteiger charge is -2.40. The molecule has 0 spiro atoms. The van der Waals surface area contributed by atoms with Gasteiger partial charge in [0.15, 0.2) is 0 Å². The highest BCUT2D eigenvalue weighted by Gasteiger charge is 2.38. The van der Waals surface area contributed by atoms with Gasteiger partial charge in [0.25, 0.3) is 0 Å². The highest BCUT2D eigenvalue weighted by molar-refractivity contribution is 7.11. The first-order chi connectivity index (χ1) is 8.20. The van der Waals surface area contributed by atoms with Gasteiger partial charge >= 0.3 is 0 Å². The summed E-state index contributed by atoms with van der Waals surface area (Å²) >= 11 is 1.88. The Hall–Kier alpha value is -0.380. The van der Waals surface area contributed by atoms with Gasteiger partial charge in [-0.15, -0.1) is 11.3 Å². The molecular weight excluding hydrogens is 230 g/mol. The Kier molecular flexibility index (Phi) is 4.23. The Balaban J connectivity index is 2.12. The first-order valence-corrected chi connectivity index (χ1v) is 7.47. The molecule has 1 aliphatic carbocycles. The van der Waals surface area contributed by atoms with Crippen molar-refractivity contribution in [1.29, 1.82) is 0 Å². The van der Waals surface area contributed by atoms with E-state index in [2.05, 4.69) is 19.1 Å². The van der Waals surface area contributed by atoms with Crippen molar-refractivity contribution in [3.63, 3.8) is 0 Å². The third kappa shape index (κ3) is 2.72. The zero-order chi connectivity index (χ0) is 12.3. The topological polar surface area (TPSA) is 46.2 Å². The number of nitrogens with two attached hydrogens (primary N) is 1. The lowest BCUT2D eigenvalue weighted by molar-refractivity contribution is -0.00533. The molecule has 2 nitrogen and oxygen atoms in total. The second kappa shape index (κ2) is 5.51. The molecule has 0 bridgehead atoms. The van der Waals surface area contributed by atoms with E-state index in [1.165, 1.54) is 16.2 Å². The van der Waals surface area contributed by atoms with E-state index in [1.807, 2.05) is 11.3 Å². The Labute approximate surface area is 108 Å². The maximum absolute atomic E-state index is 10.3. The first kappa shape index (κ1) is 13.1. The molecule has 0 radical (unpaired) electrons. The average Bonchev–Trinajstić information content (AvgIpc) is 2.80. The van der Waals surface area contributed by atoms with E-state index in [1.54, 1.807) is 0 Å². The van der Waals surface area contributed by atoms with Crippen LogP contribution in [0.1, 0.15) is 42.4 Å². The van der Waals surface area contributed by atoms with Crippen LogP contribution >= 0.6 is 11.3 Å². The summed E-state index contributed by atoms with van der Waals surface area (Å²) in [4.78, 5) is 2.81. The molecule has 1 saturated carbocycles. The normalized spacial score (nSPS) is 29.5. The second-order valence-electron chi connectivity index (χ2n) is 5.23. The van der Waals surface area contributed by atoms with Crippen LogP contribution < -0.4 is 5.73 Å². The largest absolute Gasteiger partial charge is 0.392 e. The molecule has 1 heterocycles. The average molecular weight is 253 g/mol.